The zero-order valence-electron chi connectivity index (χ0n) is 11.6. The summed E-state index contributed by atoms with van der Waals surface area (Å²) in [7, 11) is -1.94. The molecule has 2 rings (SSSR count). The van der Waals surface area contributed by atoms with Crippen molar-refractivity contribution in [3.05, 3.63) is 35.4 Å². The van der Waals surface area contributed by atoms with Gasteiger partial charge in [-0.05, 0) is 18.1 Å². The number of nitrogens with one attached hydrogen (secondary N) is 1. The molecule has 6 nitrogen and oxygen atoms in total. The van der Waals surface area contributed by atoms with Crippen LogP contribution in [0.2, 0.25) is 0 Å². The second-order valence-corrected chi connectivity index (χ2v) is 7.24. The van der Waals surface area contributed by atoms with Crippen molar-refractivity contribution >= 4 is 33.1 Å². The lowest BCUT2D eigenvalue weighted by molar-refractivity contribution is -0.127. The Hall–Kier alpha value is -1.51. The smallest absolute Gasteiger partial charge is 0.240 e. The zero-order valence-corrected chi connectivity index (χ0v) is 13.2. The lowest BCUT2D eigenvalue weighted by Gasteiger charge is -2.13. The highest BCUT2D eigenvalue weighted by Crippen LogP contribution is 2.13. The molecule has 3 N–H and O–H groups in total. The Morgan fingerprint density at radius 1 is 1.52 bits per heavy atom. The topological polar surface area (TPSA) is 92.5 Å². The molecule has 21 heavy (non-hydrogen) atoms. The maximum atomic E-state index is 12.1. The summed E-state index contributed by atoms with van der Waals surface area (Å²) in [6, 6.07) is 6.09. The highest BCUT2D eigenvalue weighted by Gasteiger charge is 2.32. The molecule has 1 aromatic carbocycles. The lowest BCUT2D eigenvalue weighted by Crippen LogP contribution is -2.41. The van der Waals surface area contributed by atoms with E-state index in [-0.39, 0.29) is 16.6 Å². The number of benzene rings is 1. The van der Waals surface area contributed by atoms with Crippen LogP contribution in [-0.4, -0.2) is 43.8 Å². The van der Waals surface area contributed by atoms with Crippen molar-refractivity contribution in [1.29, 1.82) is 0 Å². The van der Waals surface area contributed by atoms with Gasteiger partial charge in [0.2, 0.25) is 15.9 Å². The van der Waals surface area contributed by atoms with E-state index in [1.165, 1.54) is 4.90 Å². The largest absolute Gasteiger partial charge is 0.389 e. The molecule has 1 aliphatic heterocycles. The number of hydrogen-bond donors (Lipinski definition) is 2. The van der Waals surface area contributed by atoms with Crippen LogP contribution in [0.4, 0.5) is 0 Å². The predicted octanol–water partition coefficient (Wildman–Crippen LogP) is -0.0291. The third kappa shape index (κ3) is 3.99. The number of nitrogens with zero attached hydrogens (tertiary/aromatic N) is 1. The molecule has 0 radical (unpaired) electrons. The minimum absolute atomic E-state index is 0.199. The van der Waals surface area contributed by atoms with Crippen molar-refractivity contribution in [3.63, 3.8) is 0 Å². The first-order chi connectivity index (χ1) is 9.78. The van der Waals surface area contributed by atoms with E-state index in [0.717, 1.165) is 0 Å². The Morgan fingerprint density at radius 3 is 2.81 bits per heavy atom. The monoisotopic (exact) mass is 327 g/mol. The van der Waals surface area contributed by atoms with Crippen LogP contribution >= 0.6 is 12.2 Å². The Morgan fingerprint density at radius 2 is 2.24 bits per heavy atom. The number of amides is 1. The molecular formula is C13H17N3O3S2. The number of rotatable bonds is 5. The molecule has 1 aliphatic rings. The standard InChI is InChI=1S/C13H17N3O3S2/c1-16-6-5-11(13(16)17)15-21(18,19)8-9-3-2-4-10(7-9)12(14)20/h2-4,7,11,15H,5-6,8H2,1H3,(H2,14,20). The van der Waals surface area contributed by atoms with E-state index in [2.05, 4.69) is 4.72 Å². The van der Waals surface area contributed by atoms with E-state index in [0.29, 0.717) is 24.1 Å². The number of thiocarbonyl (C=S) groups is 1. The number of sulfonamides is 1. The third-order valence-electron chi connectivity index (χ3n) is 3.32. The van der Waals surface area contributed by atoms with Crippen LogP contribution < -0.4 is 10.5 Å². The number of likely N-dealkylation sites (N-methyl/N-ethyl adjacent to an activating group) is 1. The Balaban J connectivity index is 2.09. The zero-order chi connectivity index (χ0) is 15.6. The van der Waals surface area contributed by atoms with Crippen LogP contribution in [-0.2, 0) is 20.6 Å². The molecule has 1 atom stereocenters. The van der Waals surface area contributed by atoms with Crippen molar-refractivity contribution in [1.82, 2.24) is 9.62 Å². The van der Waals surface area contributed by atoms with Gasteiger partial charge in [0, 0.05) is 19.2 Å². The van der Waals surface area contributed by atoms with Gasteiger partial charge in [0.25, 0.3) is 0 Å². The average Bonchev–Trinajstić information content (AvgIpc) is 2.70. The number of carbonyl (C=O) groups is 1. The van der Waals surface area contributed by atoms with E-state index in [4.69, 9.17) is 18.0 Å². The van der Waals surface area contributed by atoms with Gasteiger partial charge in [0.1, 0.15) is 11.0 Å². The molecule has 0 bridgehead atoms. The number of nitrogens with two attached hydrogens (primary N) is 1. The van der Waals surface area contributed by atoms with Crippen LogP contribution in [0.3, 0.4) is 0 Å². The van der Waals surface area contributed by atoms with Crippen molar-refractivity contribution < 1.29 is 13.2 Å². The lowest BCUT2D eigenvalue weighted by atomic mass is 10.1. The van der Waals surface area contributed by atoms with Gasteiger partial charge < -0.3 is 10.6 Å². The number of hydrogen-bond acceptors (Lipinski definition) is 4. The summed E-state index contributed by atoms with van der Waals surface area (Å²) < 4.78 is 26.7. The van der Waals surface area contributed by atoms with E-state index >= 15 is 0 Å². The predicted molar refractivity (Wildman–Crippen MR) is 84.1 cm³/mol. The number of carbonyl (C=O) groups excluding carboxylic acids is 1. The highest BCUT2D eigenvalue weighted by atomic mass is 32.2. The fourth-order valence-electron chi connectivity index (χ4n) is 2.22. The maximum Gasteiger partial charge on any atom is 0.240 e. The molecule has 0 spiro atoms. The Bertz CT molecular complexity index is 673. The van der Waals surface area contributed by atoms with Crippen LogP contribution in [0.25, 0.3) is 0 Å². The fraction of sp³-hybridized carbons (Fsp3) is 0.385. The van der Waals surface area contributed by atoms with Gasteiger partial charge in [0.15, 0.2) is 0 Å². The molecule has 1 aromatic rings. The summed E-state index contributed by atoms with van der Waals surface area (Å²) in [4.78, 5) is 13.5. The van der Waals surface area contributed by atoms with Gasteiger partial charge in [-0.3, -0.25) is 4.79 Å². The minimum Gasteiger partial charge on any atom is -0.389 e. The minimum atomic E-state index is -3.60. The normalized spacial score (nSPS) is 19.0. The van der Waals surface area contributed by atoms with E-state index < -0.39 is 16.1 Å². The summed E-state index contributed by atoms with van der Waals surface area (Å²) in [6.07, 6.45) is 0.488. The second kappa shape index (κ2) is 6.08. The third-order valence-corrected chi connectivity index (χ3v) is 4.91. The number of likely N-dealkylation sites (tertiary alicyclic amines) is 1. The molecule has 1 amide bonds. The van der Waals surface area contributed by atoms with Crippen molar-refractivity contribution in [3.8, 4) is 0 Å². The van der Waals surface area contributed by atoms with Crippen LogP contribution in [0.15, 0.2) is 24.3 Å². The Kier molecular flexibility index (Phi) is 4.60. The van der Waals surface area contributed by atoms with Crippen molar-refractivity contribution in [2.24, 2.45) is 5.73 Å². The molecule has 0 aliphatic carbocycles. The molecule has 0 saturated carbocycles. The Labute approximate surface area is 129 Å². The van der Waals surface area contributed by atoms with Crippen LogP contribution in [0, 0.1) is 0 Å². The quantitative estimate of drug-likeness (QED) is 0.741. The molecule has 114 valence electrons. The van der Waals surface area contributed by atoms with Crippen LogP contribution in [0.1, 0.15) is 17.5 Å². The maximum absolute atomic E-state index is 12.1. The van der Waals surface area contributed by atoms with E-state index in [1.54, 1.807) is 31.3 Å². The fourth-order valence-corrected chi connectivity index (χ4v) is 3.70. The average molecular weight is 327 g/mol. The first-order valence-electron chi connectivity index (χ1n) is 6.42. The second-order valence-electron chi connectivity index (χ2n) is 5.04. The van der Waals surface area contributed by atoms with Gasteiger partial charge in [-0.15, -0.1) is 0 Å². The van der Waals surface area contributed by atoms with Crippen LogP contribution in [0.5, 0.6) is 0 Å². The molecule has 1 unspecified atom stereocenters. The molecule has 1 fully saturated rings. The van der Waals surface area contributed by atoms with Gasteiger partial charge >= 0.3 is 0 Å². The molecule has 1 saturated heterocycles. The first-order valence-corrected chi connectivity index (χ1v) is 8.48. The van der Waals surface area contributed by atoms with Gasteiger partial charge in [-0.1, -0.05) is 30.4 Å². The summed E-state index contributed by atoms with van der Waals surface area (Å²) >= 11 is 4.87. The SMILES string of the molecule is CN1CCC(NS(=O)(=O)Cc2cccc(C(N)=S)c2)C1=O. The summed E-state index contributed by atoms with van der Waals surface area (Å²) in [6.45, 7) is 0.558. The van der Waals surface area contributed by atoms with Gasteiger partial charge in [-0.25, -0.2) is 13.1 Å². The van der Waals surface area contributed by atoms with Gasteiger partial charge in [-0.2, -0.15) is 0 Å². The highest BCUT2D eigenvalue weighted by molar-refractivity contribution is 7.88. The van der Waals surface area contributed by atoms with E-state index in [9.17, 15) is 13.2 Å². The molecular weight excluding hydrogens is 310 g/mol. The molecule has 0 aromatic heterocycles. The molecule has 8 heteroatoms. The van der Waals surface area contributed by atoms with E-state index in [1.807, 2.05) is 0 Å². The van der Waals surface area contributed by atoms with Crippen molar-refractivity contribution in [2.75, 3.05) is 13.6 Å². The summed E-state index contributed by atoms with van der Waals surface area (Å²) in [5.41, 5.74) is 6.72. The van der Waals surface area contributed by atoms with Gasteiger partial charge in [0.05, 0.1) is 5.75 Å². The van der Waals surface area contributed by atoms with Crippen molar-refractivity contribution in [2.45, 2.75) is 18.2 Å². The summed E-state index contributed by atoms with van der Waals surface area (Å²) in [5, 5.41) is 0. The molecule has 1 heterocycles. The first kappa shape index (κ1) is 15.9. The summed E-state index contributed by atoms with van der Waals surface area (Å²) in [5.74, 6) is -0.410.